The average Bonchev–Trinajstić information content (AvgIpc) is 3.20. The van der Waals surface area contributed by atoms with Crippen LogP contribution < -0.4 is 11.1 Å². The normalized spacial score (nSPS) is 17.2. The Labute approximate surface area is 138 Å². The zero-order chi connectivity index (χ0) is 16.2. The second-order valence-electron chi connectivity index (χ2n) is 5.49. The van der Waals surface area contributed by atoms with Crippen molar-refractivity contribution in [2.45, 2.75) is 25.3 Å². The van der Waals surface area contributed by atoms with Crippen molar-refractivity contribution in [1.29, 1.82) is 0 Å². The Morgan fingerprint density at radius 1 is 1.35 bits per heavy atom. The molecule has 2 heterocycles. The molecule has 1 aromatic heterocycles. The molecule has 1 aliphatic heterocycles. The average molecular weight is 330 g/mol. The van der Waals surface area contributed by atoms with Gasteiger partial charge in [-0.3, -0.25) is 9.59 Å². The van der Waals surface area contributed by atoms with Crippen molar-refractivity contribution < 1.29 is 9.59 Å². The fourth-order valence-corrected chi connectivity index (χ4v) is 3.26. The number of nitrogens with zero attached hydrogens (tertiary/aromatic N) is 2. The Morgan fingerprint density at radius 3 is 2.83 bits per heavy atom. The highest BCUT2D eigenvalue weighted by Crippen LogP contribution is 2.21. The molecule has 1 aliphatic rings. The van der Waals surface area contributed by atoms with Gasteiger partial charge < -0.3 is 16.0 Å². The zero-order valence-corrected chi connectivity index (χ0v) is 13.4. The van der Waals surface area contributed by atoms with E-state index >= 15 is 0 Å². The Balaban J connectivity index is 1.64. The van der Waals surface area contributed by atoms with Crippen LogP contribution >= 0.6 is 11.3 Å². The highest BCUT2D eigenvalue weighted by molar-refractivity contribution is 7.13. The third kappa shape index (κ3) is 3.68. The zero-order valence-electron chi connectivity index (χ0n) is 12.6. The van der Waals surface area contributed by atoms with E-state index in [0.29, 0.717) is 23.8 Å². The van der Waals surface area contributed by atoms with Gasteiger partial charge in [-0.15, -0.1) is 11.3 Å². The summed E-state index contributed by atoms with van der Waals surface area (Å²) in [5.74, 6) is -0.199. The smallest absolute Gasteiger partial charge is 0.248 e. The molecule has 2 aromatic rings. The van der Waals surface area contributed by atoms with E-state index < -0.39 is 6.04 Å². The molecule has 0 spiro atoms. The van der Waals surface area contributed by atoms with Crippen molar-refractivity contribution in [3.63, 3.8) is 0 Å². The lowest BCUT2D eigenvalue weighted by Crippen LogP contribution is -2.43. The van der Waals surface area contributed by atoms with Crippen LogP contribution in [0.2, 0.25) is 0 Å². The Morgan fingerprint density at radius 2 is 2.13 bits per heavy atom. The van der Waals surface area contributed by atoms with Crippen LogP contribution in [-0.4, -0.2) is 34.3 Å². The number of hydrogen-bond donors (Lipinski definition) is 2. The van der Waals surface area contributed by atoms with Crippen LogP contribution in [0, 0.1) is 0 Å². The summed E-state index contributed by atoms with van der Waals surface area (Å²) in [6, 6.07) is 6.82. The number of likely N-dealkylation sites (tertiary alicyclic amines) is 1. The first kappa shape index (κ1) is 15.5. The van der Waals surface area contributed by atoms with Gasteiger partial charge in [-0.1, -0.05) is 12.1 Å². The molecule has 0 aliphatic carbocycles. The van der Waals surface area contributed by atoms with Crippen molar-refractivity contribution in [2.24, 2.45) is 0 Å². The first-order valence-corrected chi connectivity index (χ1v) is 8.35. The summed E-state index contributed by atoms with van der Waals surface area (Å²) in [7, 11) is 0. The quantitative estimate of drug-likeness (QED) is 0.838. The van der Waals surface area contributed by atoms with Crippen molar-refractivity contribution in [3.05, 3.63) is 41.4 Å². The minimum Gasteiger partial charge on any atom is -0.399 e. The van der Waals surface area contributed by atoms with Gasteiger partial charge in [0.1, 0.15) is 6.04 Å². The van der Waals surface area contributed by atoms with Gasteiger partial charge >= 0.3 is 0 Å². The Hall–Kier alpha value is -2.41. The van der Waals surface area contributed by atoms with E-state index in [4.69, 9.17) is 5.73 Å². The summed E-state index contributed by atoms with van der Waals surface area (Å²) in [6.45, 7) is 0.615. The molecule has 1 fully saturated rings. The lowest BCUT2D eigenvalue weighted by molar-refractivity contribution is -0.136. The number of carbonyl (C=O) groups excluding carboxylic acids is 2. The molecule has 7 heteroatoms. The topological polar surface area (TPSA) is 88.3 Å². The molecule has 0 radical (unpaired) electrons. The number of benzene rings is 1. The highest BCUT2D eigenvalue weighted by atomic mass is 32.1. The fourth-order valence-electron chi connectivity index (χ4n) is 2.72. The molecule has 120 valence electrons. The fraction of sp³-hybridized carbons (Fsp3) is 0.312. The SMILES string of the molecule is Nc1ccc(CC(=O)N2CCCC2C(=O)Nc2nccs2)cc1. The van der Waals surface area contributed by atoms with Crippen LogP contribution in [0.3, 0.4) is 0 Å². The molecular formula is C16H18N4O2S. The van der Waals surface area contributed by atoms with Crippen LogP contribution in [0.15, 0.2) is 35.8 Å². The van der Waals surface area contributed by atoms with Gasteiger partial charge in [-0.2, -0.15) is 0 Å². The van der Waals surface area contributed by atoms with E-state index in [1.165, 1.54) is 11.3 Å². The monoisotopic (exact) mass is 330 g/mol. The van der Waals surface area contributed by atoms with Gasteiger partial charge in [0.15, 0.2) is 5.13 Å². The third-order valence-electron chi connectivity index (χ3n) is 3.87. The molecular weight excluding hydrogens is 312 g/mol. The molecule has 1 aromatic carbocycles. The van der Waals surface area contributed by atoms with E-state index in [9.17, 15) is 9.59 Å². The first-order valence-electron chi connectivity index (χ1n) is 7.48. The second-order valence-corrected chi connectivity index (χ2v) is 6.38. The molecule has 3 rings (SSSR count). The minimum absolute atomic E-state index is 0.0356. The minimum atomic E-state index is -0.416. The predicted molar refractivity (Wildman–Crippen MR) is 90.0 cm³/mol. The number of hydrogen-bond acceptors (Lipinski definition) is 5. The number of anilines is 2. The molecule has 1 unspecified atom stereocenters. The summed E-state index contributed by atoms with van der Waals surface area (Å²) in [4.78, 5) is 30.6. The molecule has 0 saturated carbocycles. The number of rotatable bonds is 4. The van der Waals surface area contributed by atoms with Gasteiger partial charge in [0.05, 0.1) is 6.42 Å². The first-order chi connectivity index (χ1) is 11.1. The molecule has 1 saturated heterocycles. The van der Waals surface area contributed by atoms with Gasteiger partial charge in [0.2, 0.25) is 11.8 Å². The number of carbonyl (C=O) groups is 2. The summed E-state index contributed by atoms with van der Waals surface area (Å²) in [5.41, 5.74) is 7.22. The van der Waals surface area contributed by atoms with Crippen molar-refractivity contribution in [3.8, 4) is 0 Å². The molecule has 6 nitrogen and oxygen atoms in total. The summed E-state index contributed by atoms with van der Waals surface area (Å²) in [5, 5.41) is 5.14. The van der Waals surface area contributed by atoms with E-state index in [1.54, 1.807) is 28.6 Å². The largest absolute Gasteiger partial charge is 0.399 e. The van der Waals surface area contributed by atoms with Crippen LogP contribution in [-0.2, 0) is 16.0 Å². The third-order valence-corrected chi connectivity index (χ3v) is 4.56. The number of nitrogen functional groups attached to an aromatic ring is 1. The van der Waals surface area contributed by atoms with Crippen molar-refractivity contribution in [1.82, 2.24) is 9.88 Å². The molecule has 1 atom stereocenters. The Bertz CT molecular complexity index is 685. The highest BCUT2D eigenvalue weighted by Gasteiger charge is 2.34. The maximum absolute atomic E-state index is 12.5. The van der Waals surface area contributed by atoms with Crippen LogP contribution in [0.5, 0.6) is 0 Å². The maximum atomic E-state index is 12.5. The number of thiazole rings is 1. The van der Waals surface area contributed by atoms with Crippen molar-refractivity contribution >= 4 is 34.0 Å². The van der Waals surface area contributed by atoms with Crippen LogP contribution in [0.25, 0.3) is 0 Å². The summed E-state index contributed by atoms with van der Waals surface area (Å²) < 4.78 is 0. The van der Waals surface area contributed by atoms with E-state index in [-0.39, 0.29) is 18.2 Å². The number of nitrogens with one attached hydrogen (secondary N) is 1. The van der Waals surface area contributed by atoms with Crippen molar-refractivity contribution in [2.75, 3.05) is 17.6 Å². The summed E-state index contributed by atoms with van der Waals surface area (Å²) >= 11 is 1.37. The van der Waals surface area contributed by atoms with Gasteiger partial charge in [0, 0.05) is 23.8 Å². The van der Waals surface area contributed by atoms with E-state index in [1.807, 2.05) is 12.1 Å². The number of nitrogens with two attached hydrogens (primary N) is 1. The molecule has 0 bridgehead atoms. The number of aromatic nitrogens is 1. The second kappa shape index (κ2) is 6.78. The molecule has 2 amide bonds. The standard InChI is InChI=1S/C16H18N4O2S/c17-12-5-3-11(4-6-12)10-14(21)20-8-1-2-13(20)15(22)19-16-18-7-9-23-16/h3-7,9,13H,1-2,8,10,17H2,(H,18,19,22). The van der Waals surface area contributed by atoms with Gasteiger partial charge in [-0.05, 0) is 30.5 Å². The lowest BCUT2D eigenvalue weighted by Gasteiger charge is -2.23. The van der Waals surface area contributed by atoms with E-state index in [0.717, 1.165) is 12.0 Å². The van der Waals surface area contributed by atoms with Crippen LogP contribution in [0.1, 0.15) is 18.4 Å². The molecule has 23 heavy (non-hydrogen) atoms. The maximum Gasteiger partial charge on any atom is 0.248 e. The van der Waals surface area contributed by atoms with E-state index in [2.05, 4.69) is 10.3 Å². The van der Waals surface area contributed by atoms with Gasteiger partial charge in [-0.25, -0.2) is 4.98 Å². The predicted octanol–water partition coefficient (Wildman–Crippen LogP) is 1.90. The lowest BCUT2D eigenvalue weighted by atomic mass is 10.1. The Kier molecular flexibility index (Phi) is 4.57. The van der Waals surface area contributed by atoms with Crippen LogP contribution in [0.4, 0.5) is 10.8 Å². The van der Waals surface area contributed by atoms with Gasteiger partial charge in [0.25, 0.3) is 0 Å². The number of amides is 2. The summed E-state index contributed by atoms with van der Waals surface area (Å²) in [6.07, 6.45) is 3.44. The molecule has 3 N–H and O–H groups in total.